The summed E-state index contributed by atoms with van der Waals surface area (Å²) >= 11 is 0. The van der Waals surface area contributed by atoms with E-state index >= 15 is 0 Å². The van der Waals surface area contributed by atoms with Crippen LogP contribution in [0.3, 0.4) is 0 Å². The molecule has 1 aliphatic heterocycles. The molecule has 20 heavy (non-hydrogen) atoms. The maximum Gasteiger partial charge on any atom is 0.0127 e. The molecule has 1 saturated carbocycles. The molecule has 0 aromatic heterocycles. The van der Waals surface area contributed by atoms with Gasteiger partial charge in [-0.05, 0) is 42.1 Å². The first-order valence-electron chi connectivity index (χ1n) is 7.96. The Bertz CT molecular complexity index is 627. The van der Waals surface area contributed by atoms with Crippen LogP contribution in [-0.2, 0) is 5.41 Å². The summed E-state index contributed by atoms with van der Waals surface area (Å²) in [7, 11) is 2.30. The summed E-state index contributed by atoms with van der Waals surface area (Å²) < 4.78 is 0. The molecule has 0 unspecified atom stereocenters. The second kappa shape index (κ2) is 4.60. The Morgan fingerprint density at radius 1 is 1.05 bits per heavy atom. The van der Waals surface area contributed by atoms with Gasteiger partial charge in [-0.2, -0.15) is 0 Å². The minimum Gasteiger partial charge on any atom is -0.305 e. The standard InChI is InChI=1S/C19H23N/c1-20-13-16-9-4-5-12-19(16,14-20)18-11-6-8-15-7-2-3-10-17(15)18/h2-3,6-8,10-11,16H,4-5,9,12-14H2,1H3/t16-,19-/m0/s1. The molecule has 1 heteroatoms. The van der Waals surface area contributed by atoms with E-state index in [-0.39, 0.29) is 0 Å². The highest BCUT2D eigenvalue weighted by molar-refractivity contribution is 5.86. The van der Waals surface area contributed by atoms with Gasteiger partial charge in [0.2, 0.25) is 0 Å². The summed E-state index contributed by atoms with van der Waals surface area (Å²) in [6, 6.07) is 15.8. The second-order valence-electron chi connectivity index (χ2n) is 6.82. The lowest BCUT2D eigenvalue weighted by molar-refractivity contribution is 0.243. The average Bonchev–Trinajstić information content (AvgIpc) is 2.83. The van der Waals surface area contributed by atoms with E-state index in [4.69, 9.17) is 0 Å². The zero-order valence-electron chi connectivity index (χ0n) is 12.3. The molecule has 1 nitrogen and oxygen atoms in total. The molecule has 1 heterocycles. The van der Waals surface area contributed by atoms with E-state index in [0.29, 0.717) is 5.41 Å². The number of fused-ring (bicyclic) bond motifs is 2. The number of rotatable bonds is 1. The van der Waals surface area contributed by atoms with Crippen molar-refractivity contribution in [2.24, 2.45) is 5.92 Å². The van der Waals surface area contributed by atoms with E-state index in [2.05, 4.69) is 54.4 Å². The van der Waals surface area contributed by atoms with E-state index < -0.39 is 0 Å². The summed E-state index contributed by atoms with van der Waals surface area (Å²) in [5.41, 5.74) is 2.03. The SMILES string of the molecule is CN1C[C@@H]2CCCC[C@]2(c2cccc3ccccc23)C1. The number of likely N-dealkylation sites (N-methyl/N-ethyl adjacent to an activating group) is 1. The van der Waals surface area contributed by atoms with Gasteiger partial charge in [0.05, 0.1) is 0 Å². The van der Waals surface area contributed by atoms with E-state index in [1.54, 1.807) is 5.56 Å². The van der Waals surface area contributed by atoms with E-state index in [1.165, 1.54) is 49.5 Å². The third-order valence-electron chi connectivity index (χ3n) is 5.62. The number of nitrogens with zero attached hydrogens (tertiary/aromatic N) is 1. The minimum atomic E-state index is 0.411. The molecule has 4 rings (SSSR count). The van der Waals surface area contributed by atoms with Gasteiger partial charge in [0.1, 0.15) is 0 Å². The maximum absolute atomic E-state index is 2.55. The first-order valence-corrected chi connectivity index (χ1v) is 7.96. The minimum absolute atomic E-state index is 0.411. The van der Waals surface area contributed by atoms with Crippen molar-refractivity contribution < 1.29 is 0 Å². The zero-order chi connectivity index (χ0) is 13.6. The molecule has 1 aliphatic carbocycles. The number of benzene rings is 2. The Kier molecular flexibility index (Phi) is 2.85. The molecule has 104 valence electrons. The van der Waals surface area contributed by atoms with Crippen LogP contribution in [0.4, 0.5) is 0 Å². The molecule has 2 atom stereocenters. The third kappa shape index (κ3) is 1.73. The molecule has 2 aromatic rings. The molecule has 0 spiro atoms. The summed E-state index contributed by atoms with van der Waals surface area (Å²) in [6.45, 7) is 2.52. The number of hydrogen-bond donors (Lipinski definition) is 0. The molecule has 0 radical (unpaired) electrons. The van der Waals surface area contributed by atoms with Crippen LogP contribution in [0.5, 0.6) is 0 Å². The lowest BCUT2D eigenvalue weighted by Crippen LogP contribution is -2.38. The van der Waals surface area contributed by atoms with Crippen LogP contribution in [0, 0.1) is 5.92 Å². The highest BCUT2D eigenvalue weighted by Crippen LogP contribution is 2.49. The van der Waals surface area contributed by atoms with E-state index in [1.807, 2.05) is 0 Å². The van der Waals surface area contributed by atoms with E-state index in [9.17, 15) is 0 Å². The van der Waals surface area contributed by atoms with Crippen LogP contribution in [0.15, 0.2) is 42.5 Å². The fraction of sp³-hybridized carbons (Fsp3) is 0.474. The van der Waals surface area contributed by atoms with Crippen LogP contribution >= 0.6 is 0 Å². The predicted octanol–water partition coefficient (Wildman–Crippen LogP) is 4.21. The number of hydrogen-bond acceptors (Lipinski definition) is 1. The maximum atomic E-state index is 2.55. The molecular weight excluding hydrogens is 242 g/mol. The van der Waals surface area contributed by atoms with Crippen molar-refractivity contribution in [1.82, 2.24) is 4.90 Å². The van der Waals surface area contributed by atoms with Crippen LogP contribution in [0.1, 0.15) is 31.2 Å². The molecule has 2 aliphatic rings. The summed E-state index contributed by atoms with van der Waals surface area (Å²) in [6.07, 6.45) is 5.60. The van der Waals surface area contributed by atoms with Crippen LogP contribution in [-0.4, -0.2) is 25.0 Å². The van der Waals surface area contributed by atoms with Gasteiger partial charge in [-0.1, -0.05) is 55.3 Å². The average molecular weight is 265 g/mol. The van der Waals surface area contributed by atoms with Crippen LogP contribution < -0.4 is 0 Å². The topological polar surface area (TPSA) is 3.24 Å². The van der Waals surface area contributed by atoms with Gasteiger partial charge in [0.15, 0.2) is 0 Å². The molecule has 2 fully saturated rings. The fourth-order valence-electron chi connectivity index (χ4n) is 4.81. The number of likely N-dealkylation sites (tertiary alicyclic amines) is 1. The first kappa shape index (κ1) is 12.4. The monoisotopic (exact) mass is 265 g/mol. The van der Waals surface area contributed by atoms with Gasteiger partial charge in [0, 0.05) is 18.5 Å². The van der Waals surface area contributed by atoms with Gasteiger partial charge >= 0.3 is 0 Å². The van der Waals surface area contributed by atoms with Crippen LogP contribution in [0.2, 0.25) is 0 Å². The molecule has 0 N–H and O–H groups in total. The third-order valence-corrected chi connectivity index (χ3v) is 5.62. The van der Waals surface area contributed by atoms with E-state index in [0.717, 1.165) is 5.92 Å². The summed E-state index contributed by atoms with van der Waals surface area (Å²) in [5.74, 6) is 0.854. The fourth-order valence-corrected chi connectivity index (χ4v) is 4.81. The molecular formula is C19H23N. The molecule has 2 aromatic carbocycles. The largest absolute Gasteiger partial charge is 0.305 e. The smallest absolute Gasteiger partial charge is 0.0127 e. The van der Waals surface area contributed by atoms with Crippen molar-refractivity contribution >= 4 is 10.8 Å². The highest BCUT2D eigenvalue weighted by atomic mass is 15.1. The Morgan fingerprint density at radius 2 is 1.90 bits per heavy atom. The molecule has 1 saturated heterocycles. The van der Waals surface area contributed by atoms with Crippen LogP contribution in [0.25, 0.3) is 10.8 Å². The summed E-state index contributed by atoms with van der Waals surface area (Å²) in [4.78, 5) is 2.55. The highest BCUT2D eigenvalue weighted by Gasteiger charge is 2.48. The van der Waals surface area contributed by atoms with Gasteiger partial charge in [-0.3, -0.25) is 0 Å². The Balaban J connectivity index is 1.92. The van der Waals surface area contributed by atoms with Crippen molar-refractivity contribution in [3.05, 3.63) is 48.0 Å². The van der Waals surface area contributed by atoms with Crippen molar-refractivity contribution in [2.45, 2.75) is 31.1 Å². The van der Waals surface area contributed by atoms with Gasteiger partial charge in [-0.15, -0.1) is 0 Å². The second-order valence-corrected chi connectivity index (χ2v) is 6.82. The van der Waals surface area contributed by atoms with Gasteiger partial charge < -0.3 is 4.90 Å². The first-order chi connectivity index (χ1) is 9.79. The van der Waals surface area contributed by atoms with Crippen molar-refractivity contribution in [3.63, 3.8) is 0 Å². The predicted molar refractivity (Wildman–Crippen MR) is 85.1 cm³/mol. The molecule has 0 bridgehead atoms. The lowest BCUT2D eigenvalue weighted by Gasteiger charge is -2.40. The normalized spacial score (nSPS) is 30.6. The van der Waals surface area contributed by atoms with Crippen molar-refractivity contribution in [3.8, 4) is 0 Å². The van der Waals surface area contributed by atoms with Gasteiger partial charge in [0.25, 0.3) is 0 Å². The Labute approximate surface area is 121 Å². The lowest BCUT2D eigenvalue weighted by atomic mass is 9.63. The van der Waals surface area contributed by atoms with Crippen molar-refractivity contribution in [1.29, 1.82) is 0 Å². The molecule has 0 amide bonds. The zero-order valence-corrected chi connectivity index (χ0v) is 12.3. The van der Waals surface area contributed by atoms with Gasteiger partial charge in [-0.25, -0.2) is 0 Å². The van der Waals surface area contributed by atoms with Crippen molar-refractivity contribution in [2.75, 3.05) is 20.1 Å². The summed E-state index contributed by atoms with van der Waals surface area (Å²) in [5, 5.41) is 2.88. The Hall–Kier alpha value is -1.34. The Morgan fingerprint density at radius 3 is 2.85 bits per heavy atom. The quantitative estimate of drug-likeness (QED) is 0.746.